The van der Waals surface area contributed by atoms with Crippen LogP contribution in [0.1, 0.15) is 5.69 Å². The second-order valence-corrected chi connectivity index (χ2v) is 3.43. The molecule has 0 bridgehead atoms. The summed E-state index contributed by atoms with van der Waals surface area (Å²) in [6.45, 7) is 0. The number of hydrogen-bond acceptors (Lipinski definition) is 5. The lowest BCUT2D eigenvalue weighted by atomic mass is 10.2. The van der Waals surface area contributed by atoms with Crippen molar-refractivity contribution in [1.29, 1.82) is 5.26 Å². The van der Waals surface area contributed by atoms with E-state index in [9.17, 15) is 0 Å². The SMILES string of the molecule is N#Cc1cnc(-c2cnc3[nH]ncc3c2)cn1. The molecule has 3 rings (SSSR count). The zero-order valence-corrected chi connectivity index (χ0v) is 8.62. The van der Waals surface area contributed by atoms with Gasteiger partial charge in [-0.25, -0.2) is 9.97 Å². The number of nitrogens with zero attached hydrogens (tertiary/aromatic N) is 5. The summed E-state index contributed by atoms with van der Waals surface area (Å²) in [5.41, 5.74) is 2.55. The Kier molecular flexibility index (Phi) is 2.02. The molecule has 0 radical (unpaired) electrons. The molecule has 6 heteroatoms. The van der Waals surface area contributed by atoms with Gasteiger partial charge in [-0.15, -0.1) is 0 Å². The first-order valence-corrected chi connectivity index (χ1v) is 4.88. The number of rotatable bonds is 1. The second kappa shape index (κ2) is 3.64. The van der Waals surface area contributed by atoms with Crippen molar-refractivity contribution >= 4 is 11.0 Å². The van der Waals surface area contributed by atoms with Crippen molar-refractivity contribution in [2.75, 3.05) is 0 Å². The van der Waals surface area contributed by atoms with Gasteiger partial charge in [-0.1, -0.05) is 0 Å². The van der Waals surface area contributed by atoms with Gasteiger partial charge in [0.25, 0.3) is 0 Å². The minimum atomic E-state index is 0.297. The van der Waals surface area contributed by atoms with Crippen LogP contribution in [-0.2, 0) is 0 Å². The van der Waals surface area contributed by atoms with Crippen molar-refractivity contribution in [1.82, 2.24) is 25.1 Å². The van der Waals surface area contributed by atoms with E-state index in [4.69, 9.17) is 5.26 Å². The van der Waals surface area contributed by atoms with E-state index in [1.807, 2.05) is 12.1 Å². The smallest absolute Gasteiger partial charge is 0.158 e. The number of fused-ring (bicyclic) bond motifs is 1. The maximum Gasteiger partial charge on any atom is 0.158 e. The molecule has 0 aliphatic rings. The molecule has 0 saturated heterocycles. The summed E-state index contributed by atoms with van der Waals surface area (Å²) in [7, 11) is 0. The van der Waals surface area contributed by atoms with Gasteiger partial charge in [0, 0.05) is 17.1 Å². The van der Waals surface area contributed by atoms with Gasteiger partial charge < -0.3 is 0 Å². The number of pyridine rings is 1. The fourth-order valence-corrected chi connectivity index (χ4v) is 1.51. The number of H-pyrrole nitrogens is 1. The van der Waals surface area contributed by atoms with E-state index in [0.29, 0.717) is 11.4 Å². The summed E-state index contributed by atoms with van der Waals surface area (Å²) >= 11 is 0. The average molecular weight is 222 g/mol. The predicted octanol–water partition coefficient (Wildman–Crippen LogP) is 1.29. The number of hydrogen-bond donors (Lipinski definition) is 1. The highest BCUT2D eigenvalue weighted by molar-refractivity contribution is 5.79. The van der Waals surface area contributed by atoms with E-state index in [1.54, 1.807) is 18.6 Å². The van der Waals surface area contributed by atoms with E-state index >= 15 is 0 Å². The van der Waals surface area contributed by atoms with Crippen LogP contribution in [0.5, 0.6) is 0 Å². The summed E-state index contributed by atoms with van der Waals surface area (Å²) in [6, 6.07) is 3.85. The van der Waals surface area contributed by atoms with E-state index < -0.39 is 0 Å². The largest absolute Gasteiger partial charge is 0.261 e. The average Bonchev–Trinajstić information content (AvgIpc) is 2.86. The van der Waals surface area contributed by atoms with Crippen molar-refractivity contribution in [2.24, 2.45) is 0 Å². The summed E-state index contributed by atoms with van der Waals surface area (Å²) < 4.78 is 0. The van der Waals surface area contributed by atoms with Gasteiger partial charge in [0.2, 0.25) is 0 Å². The Balaban J connectivity index is 2.10. The monoisotopic (exact) mass is 222 g/mol. The van der Waals surface area contributed by atoms with Crippen molar-refractivity contribution in [3.05, 3.63) is 36.5 Å². The van der Waals surface area contributed by atoms with Crippen molar-refractivity contribution < 1.29 is 0 Å². The van der Waals surface area contributed by atoms with Crippen LogP contribution < -0.4 is 0 Å². The van der Waals surface area contributed by atoms with Crippen LogP contribution in [0.3, 0.4) is 0 Å². The first-order chi connectivity index (χ1) is 8.36. The van der Waals surface area contributed by atoms with Crippen LogP contribution in [0, 0.1) is 11.3 Å². The standard InChI is InChI=1S/C11H6N6/c12-2-9-5-14-10(6-13-9)7-1-8-4-16-17-11(8)15-3-7/h1,3-6H,(H,15,16,17). The lowest BCUT2D eigenvalue weighted by Crippen LogP contribution is -1.89. The molecular formula is C11H6N6. The Labute approximate surface area is 96.0 Å². The minimum Gasteiger partial charge on any atom is -0.261 e. The van der Waals surface area contributed by atoms with E-state index in [1.165, 1.54) is 6.20 Å². The summed E-state index contributed by atoms with van der Waals surface area (Å²) in [4.78, 5) is 12.3. The zero-order chi connectivity index (χ0) is 11.7. The molecule has 0 atom stereocenters. The Morgan fingerprint density at radius 1 is 1.06 bits per heavy atom. The molecule has 17 heavy (non-hydrogen) atoms. The lowest BCUT2D eigenvalue weighted by molar-refractivity contribution is 1.10. The van der Waals surface area contributed by atoms with Crippen molar-refractivity contribution in [3.63, 3.8) is 0 Å². The highest BCUT2D eigenvalue weighted by Crippen LogP contribution is 2.18. The van der Waals surface area contributed by atoms with Gasteiger partial charge in [0.15, 0.2) is 11.3 Å². The maximum atomic E-state index is 8.64. The van der Waals surface area contributed by atoms with Gasteiger partial charge in [-0.05, 0) is 6.07 Å². The molecule has 3 aromatic rings. The van der Waals surface area contributed by atoms with Crippen LogP contribution in [0.2, 0.25) is 0 Å². The van der Waals surface area contributed by atoms with Crippen LogP contribution in [0.15, 0.2) is 30.9 Å². The molecule has 6 nitrogen and oxygen atoms in total. The number of aromatic nitrogens is 5. The molecule has 0 amide bonds. The topological polar surface area (TPSA) is 91.1 Å². The summed E-state index contributed by atoms with van der Waals surface area (Å²) in [5, 5.41) is 16.2. The number of nitrogens with one attached hydrogen (secondary N) is 1. The van der Waals surface area contributed by atoms with E-state index in [2.05, 4.69) is 25.1 Å². The summed E-state index contributed by atoms with van der Waals surface area (Å²) in [6.07, 6.45) is 6.38. The van der Waals surface area contributed by atoms with Crippen molar-refractivity contribution in [2.45, 2.75) is 0 Å². The van der Waals surface area contributed by atoms with Crippen LogP contribution >= 0.6 is 0 Å². The Morgan fingerprint density at radius 3 is 2.76 bits per heavy atom. The third-order valence-electron chi connectivity index (χ3n) is 2.35. The quantitative estimate of drug-likeness (QED) is 0.669. The molecule has 0 aliphatic carbocycles. The molecule has 0 spiro atoms. The Morgan fingerprint density at radius 2 is 2.00 bits per heavy atom. The molecule has 3 aromatic heterocycles. The first-order valence-electron chi connectivity index (χ1n) is 4.88. The van der Waals surface area contributed by atoms with Crippen LogP contribution in [0.4, 0.5) is 0 Å². The molecule has 3 heterocycles. The van der Waals surface area contributed by atoms with Crippen LogP contribution in [-0.4, -0.2) is 25.1 Å². The summed E-state index contributed by atoms with van der Waals surface area (Å²) in [5.74, 6) is 0. The van der Waals surface area contributed by atoms with Gasteiger partial charge in [-0.3, -0.25) is 10.1 Å². The highest BCUT2D eigenvalue weighted by Gasteiger charge is 2.04. The fourth-order valence-electron chi connectivity index (χ4n) is 1.51. The fraction of sp³-hybridized carbons (Fsp3) is 0. The normalized spacial score (nSPS) is 10.3. The predicted molar refractivity (Wildman–Crippen MR) is 59.6 cm³/mol. The third kappa shape index (κ3) is 1.59. The molecule has 0 fully saturated rings. The third-order valence-corrected chi connectivity index (χ3v) is 2.35. The van der Waals surface area contributed by atoms with Gasteiger partial charge in [0.1, 0.15) is 6.07 Å². The molecule has 80 valence electrons. The molecule has 1 N–H and O–H groups in total. The van der Waals surface area contributed by atoms with Gasteiger partial charge in [0.05, 0.1) is 24.3 Å². The molecule has 0 aromatic carbocycles. The molecule has 0 unspecified atom stereocenters. The maximum absolute atomic E-state index is 8.64. The molecule has 0 aliphatic heterocycles. The lowest BCUT2D eigenvalue weighted by Gasteiger charge is -1.99. The highest BCUT2D eigenvalue weighted by atomic mass is 15.1. The number of aromatic amines is 1. The van der Waals surface area contributed by atoms with E-state index in [0.717, 1.165) is 16.6 Å². The van der Waals surface area contributed by atoms with E-state index in [-0.39, 0.29) is 0 Å². The Bertz CT molecular complexity index is 707. The molecule has 0 saturated carbocycles. The molecular weight excluding hydrogens is 216 g/mol. The van der Waals surface area contributed by atoms with Crippen LogP contribution in [0.25, 0.3) is 22.3 Å². The first kappa shape index (κ1) is 9.42. The number of nitriles is 1. The Hall–Kier alpha value is -2.81. The zero-order valence-electron chi connectivity index (χ0n) is 8.62. The van der Waals surface area contributed by atoms with Gasteiger partial charge in [-0.2, -0.15) is 10.4 Å². The second-order valence-electron chi connectivity index (χ2n) is 3.43. The van der Waals surface area contributed by atoms with Gasteiger partial charge >= 0.3 is 0 Å². The minimum absolute atomic E-state index is 0.297. The van der Waals surface area contributed by atoms with Crippen molar-refractivity contribution in [3.8, 4) is 17.3 Å².